The second kappa shape index (κ2) is 5.76. The summed E-state index contributed by atoms with van der Waals surface area (Å²) in [7, 11) is 3.13. The summed E-state index contributed by atoms with van der Waals surface area (Å²) >= 11 is 0. The summed E-state index contributed by atoms with van der Waals surface area (Å²) in [5.74, 6) is 0.739. The molecule has 4 nitrogen and oxygen atoms in total. The second-order valence-electron chi connectivity index (χ2n) is 5.15. The maximum Gasteiger partial charge on any atom is 0.228 e. The van der Waals surface area contributed by atoms with Gasteiger partial charge < -0.3 is 9.47 Å². The van der Waals surface area contributed by atoms with Crippen LogP contribution in [0.25, 0.3) is 22.2 Å². The number of ether oxygens (including phenoxy) is 2. The molecule has 0 saturated heterocycles. The quantitative estimate of drug-likeness (QED) is 0.730. The largest absolute Gasteiger partial charge is 0.497 e. The van der Waals surface area contributed by atoms with E-state index in [2.05, 4.69) is 0 Å². The maximum atomic E-state index is 13.5. The number of methoxy groups -OCH3 is 2. The number of benzene rings is 2. The molecule has 118 valence electrons. The third-order valence-corrected chi connectivity index (χ3v) is 3.76. The third-order valence-electron chi connectivity index (χ3n) is 3.76. The first-order valence-electron chi connectivity index (χ1n) is 7.09. The van der Waals surface area contributed by atoms with Gasteiger partial charge in [0, 0.05) is 23.9 Å². The van der Waals surface area contributed by atoms with Gasteiger partial charge >= 0.3 is 0 Å². The molecule has 3 aromatic rings. The Labute approximate surface area is 133 Å². The number of hydrogen-bond acceptors (Lipinski definition) is 3. The molecule has 5 heteroatoms. The Hall–Kier alpha value is -2.82. The van der Waals surface area contributed by atoms with Crippen molar-refractivity contribution in [1.82, 2.24) is 4.57 Å². The number of carbonyl (C=O) groups is 1. The smallest absolute Gasteiger partial charge is 0.228 e. The second-order valence-corrected chi connectivity index (χ2v) is 5.15. The normalized spacial score (nSPS) is 10.8. The fraction of sp³-hybridized carbons (Fsp3) is 0.167. The van der Waals surface area contributed by atoms with Crippen LogP contribution < -0.4 is 9.47 Å². The van der Waals surface area contributed by atoms with Gasteiger partial charge in [-0.2, -0.15) is 0 Å². The number of halogens is 1. The van der Waals surface area contributed by atoms with Gasteiger partial charge in [-0.05, 0) is 36.4 Å². The van der Waals surface area contributed by atoms with E-state index in [1.54, 1.807) is 43.1 Å². The van der Waals surface area contributed by atoms with E-state index < -0.39 is 0 Å². The minimum atomic E-state index is -0.341. The summed E-state index contributed by atoms with van der Waals surface area (Å²) in [6.45, 7) is 1.47. The minimum Gasteiger partial charge on any atom is -0.497 e. The molecule has 0 bridgehead atoms. The standard InChI is InChI=1S/C18H16FNO3/c1-11(21)20-16-7-4-13(19)8-12(16)9-17(20)15-6-5-14(22-2)10-18(15)23-3/h4-10H,1-3H3. The Morgan fingerprint density at radius 3 is 2.48 bits per heavy atom. The molecule has 1 heterocycles. The first-order valence-corrected chi connectivity index (χ1v) is 7.09. The van der Waals surface area contributed by atoms with Crippen LogP contribution in [0.5, 0.6) is 11.5 Å². The molecule has 0 unspecified atom stereocenters. The molecule has 0 aliphatic rings. The number of carbonyl (C=O) groups excluding carboxylic acids is 1. The molecular weight excluding hydrogens is 297 g/mol. The van der Waals surface area contributed by atoms with Crippen molar-refractivity contribution in [3.05, 3.63) is 48.3 Å². The zero-order valence-electron chi connectivity index (χ0n) is 13.1. The fourth-order valence-electron chi connectivity index (χ4n) is 2.73. The van der Waals surface area contributed by atoms with Crippen LogP contribution in [0.2, 0.25) is 0 Å². The lowest BCUT2D eigenvalue weighted by molar-refractivity contribution is 0.0943. The Bertz CT molecular complexity index is 899. The molecule has 0 amide bonds. The van der Waals surface area contributed by atoms with Crippen LogP contribution in [0.4, 0.5) is 4.39 Å². The predicted octanol–water partition coefficient (Wildman–Crippen LogP) is 4.12. The molecule has 0 aliphatic carbocycles. The summed E-state index contributed by atoms with van der Waals surface area (Å²) in [6, 6.07) is 11.5. The maximum absolute atomic E-state index is 13.5. The van der Waals surface area contributed by atoms with Crippen LogP contribution in [-0.2, 0) is 0 Å². The van der Waals surface area contributed by atoms with Crippen molar-refractivity contribution in [2.75, 3.05) is 14.2 Å². The first-order chi connectivity index (χ1) is 11.0. The van der Waals surface area contributed by atoms with Crippen LogP contribution in [0.3, 0.4) is 0 Å². The lowest BCUT2D eigenvalue weighted by Gasteiger charge is -2.12. The molecule has 0 radical (unpaired) electrons. The SMILES string of the molecule is COc1ccc(-c2cc3cc(F)ccc3n2C(C)=O)c(OC)c1. The molecule has 0 aliphatic heterocycles. The van der Waals surface area contributed by atoms with Crippen LogP contribution in [0, 0.1) is 5.82 Å². The summed E-state index contributed by atoms with van der Waals surface area (Å²) in [5.41, 5.74) is 2.05. The van der Waals surface area contributed by atoms with Crippen molar-refractivity contribution in [1.29, 1.82) is 0 Å². The topological polar surface area (TPSA) is 40.5 Å². The summed E-state index contributed by atoms with van der Waals surface area (Å²) in [6.07, 6.45) is 0. The molecule has 0 spiro atoms. The molecule has 23 heavy (non-hydrogen) atoms. The molecular formula is C18H16FNO3. The molecule has 0 N–H and O–H groups in total. The van der Waals surface area contributed by atoms with Gasteiger partial charge in [0.25, 0.3) is 0 Å². The summed E-state index contributed by atoms with van der Waals surface area (Å²) in [5, 5.41) is 0.660. The number of hydrogen-bond donors (Lipinski definition) is 0. The Morgan fingerprint density at radius 2 is 1.83 bits per heavy atom. The summed E-state index contributed by atoms with van der Waals surface area (Å²) in [4.78, 5) is 12.1. The van der Waals surface area contributed by atoms with Gasteiger partial charge in [-0.1, -0.05) is 0 Å². The van der Waals surface area contributed by atoms with Crippen molar-refractivity contribution in [2.24, 2.45) is 0 Å². The Morgan fingerprint density at radius 1 is 1.04 bits per heavy atom. The van der Waals surface area contributed by atoms with E-state index >= 15 is 0 Å². The fourth-order valence-corrected chi connectivity index (χ4v) is 2.73. The highest BCUT2D eigenvalue weighted by molar-refractivity contribution is 5.98. The molecule has 1 aromatic heterocycles. The van der Waals surface area contributed by atoms with Crippen molar-refractivity contribution in [2.45, 2.75) is 6.92 Å². The van der Waals surface area contributed by atoms with E-state index in [4.69, 9.17) is 9.47 Å². The van der Waals surface area contributed by atoms with E-state index in [0.717, 1.165) is 5.56 Å². The van der Waals surface area contributed by atoms with Gasteiger partial charge in [-0.3, -0.25) is 9.36 Å². The van der Waals surface area contributed by atoms with Crippen LogP contribution in [-0.4, -0.2) is 24.7 Å². The Kier molecular flexibility index (Phi) is 3.78. The van der Waals surface area contributed by atoms with Crippen molar-refractivity contribution < 1.29 is 18.7 Å². The first kappa shape index (κ1) is 15.1. The number of aromatic nitrogens is 1. The Balaban J connectivity index is 2.31. The molecule has 3 rings (SSSR count). The van der Waals surface area contributed by atoms with Crippen LogP contribution in [0.1, 0.15) is 11.7 Å². The highest BCUT2D eigenvalue weighted by atomic mass is 19.1. The lowest BCUT2D eigenvalue weighted by Crippen LogP contribution is -2.07. The van der Waals surface area contributed by atoms with Gasteiger partial charge in [0.15, 0.2) is 0 Å². The molecule has 0 fully saturated rings. The average Bonchev–Trinajstić information content (AvgIpc) is 2.92. The van der Waals surface area contributed by atoms with Crippen LogP contribution >= 0.6 is 0 Å². The number of nitrogens with zero attached hydrogens (tertiary/aromatic N) is 1. The number of rotatable bonds is 3. The van der Waals surface area contributed by atoms with E-state index in [0.29, 0.717) is 28.1 Å². The monoisotopic (exact) mass is 313 g/mol. The van der Waals surface area contributed by atoms with Gasteiger partial charge in [0.2, 0.25) is 5.91 Å². The predicted molar refractivity (Wildman–Crippen MR) is 86.7 cm³/mol. The van der Waals surface area contributed by atoms with Gasteiger partial charge in [-0.25, -0.2) is 4.39 Å². The van der Waals surface area contributed by atoms with E-state index in [1.165, 1.54) is 19.1 Å². The van der Waals surface area contributed by atoms with Gasteiger partial charge in [-0.15, -0.1) is 0 Å². The molecule has 0 saturated carbocycles. The third kappa shape index (κ3) is 2.54. The molecule has 0 atom stereocenters. The van der Waals surface area contributed by atoms with Gasteiger partial charge in [0.1, 0.15) is 17.3 Å². The van der Waals surface area contributed by atoms with Crippen molar-refractivity contribution in [3.8, 4) is 22.8 Å². The summed E-state index contributed by atoms with van der Waals surface area (Å²) < 4.78 is 25.7. The lowest BCUT2D eigenvalue weighted by atomic mass is 10.1. The van der Waals surface area contributed by atoms with Gasteiger partial charge in [0.05, 0.1) is 25.4 Å². The minimum absolute atomic E-state index is 0.153. The van der Waals surface area contributed by atoms with Crippen molar-refractivity contribution in [3.63, 3.8) is 0 Å². The molecule has 2 aromatic carbocycles. The highest BCUT2D eigenvalue weighted by Crippen LogP contribution is 2.36. The van der Waals surface area contributed by atoms with E-state index in [9.17, 15) is 9.18 Å². The van der Waals surface area contributed by atoms with Crippen molar-refractivity contribution >= 4 is 16.8 Å². The van der Waals surface area contributed by atoms with Crippen LogP contribution in [0.15, 0.2) is 42.5 Å². The highest BCUT2D eigenvalue weighted by Gasteiger charge is 2.17. The average molecular weight is 313 g/mol. The zero-order chi connectivity index (χ0) is 16.6. The number of fused-ring (bicyclic) bond motifs is 1. The van der Waals surface area contributed by atoms with E-state index in [-0.39, 0.29) is 11.7 Å². The van der Waals surface area contributed by atoms with E-state index in [1.807, 2.05) is 6.07 Å². The zero-order valence-corrected chi connectivity index (χ0v) is 13.1.